The Labute approximate surface area is 340 Å². The van der Waals surface area contributed by atoms with E-state index in [9.17, 15) is 33.6 Å². The number of hydrogen-bond donors (Lipinski definition) is 4. The molecule has 5 atom stereocenters. The average Bonchev–Trinajstić information content (AvgIpc) is 3.18. The third-order valence-electron chi connectivity index (χ3n) is 10.4. The van der Waals surface area contributed by atoms with Gasteiger partial charge in [0.25, 0.3) is 0 Å². The van der Waals surface area contributed by atoms with Crippen molar-refractivity contribution in [2.45, 2.75) is 137 Å². The molecule has 11 nitrogen and oxygen atoms in total. The largest absolute Gasteiger partial charge is 0.346 e. The summed E-state index contributed by atoms with van der Waals surface area (Å²) in [6, 6.07) is 14.1. The van der Waals surface area contributed by atoms with Gasteiger partial charge in [0.15, 0.2) is 23.1 Å². The van der Waals surface area contributed by atoms with Crippen LogP contribution < -0.4 is 22.1 Å². The minimum Gasteiger partial charge on any atom is -0.346 e. The van der Waals surface area contributed by atoms with Gasteiger partial charge in [0.05, 0.1) is 12.1 Å². The SMILES string of the molecule is CCCCc1ccc(-c2ccc(C(=O)C[C@@H](CCCCN)C(=O)N[C@@H](CCCCN)C(=O)C[C@@H](C)C(=O)N[C@@H](CC(C)C)C(=O)C[C@H](C)C(=O)C(C)=O)cc2)cc1. The molecule has 57 heavy (non-hydrogen) atoms. The number of nitrogens with one attached hydrogen (secondary N) is 2. The van der Waals surface area contributed by atoms with Crippen molar-refractivity contribution in [3.63, 3.8) is 0 Å². The van der Waals surface area contributed by atoms with Gasteiger partial charge < -0.3 is 22.1 Å². The third kappa shape index (κ3) is 17.4. The minimum atomic E-state index is -0.898. The van der Waals surface area contributed by atoms with Gasteiger partial charge in [-0.2, -0.15) is 0 Å². The lowest BCUT2D eigenvalue weighted by Gasteiger charge is -2.25. The number of amides is 2. The van der Waals surface area contributed by atoms with Crippen molar-refractivity contribution in [2.75, 3.05) is 13.1 Å². The Bertz CT molecular complexity index is 1620. The second kappa shape index (κ2) is 25.8. The molecule has 0 spiro atoms. The van der Waals surface area contributed by atoms with Crippen LogP contribution in [0.15, 0.2) is 48.5 Å². The number of unbranched alkanes of at least 4 members (excludes halogenated alkanes) is 3. The number of ketones is 5. The summed E-state index contributed by atoms with van der Waals surface area (Å²) < 4.78 is 0. The lowest BCUT2D eigenvalue weighted by molar-refractivity contribution is -0.139. The molecule has 0 aliphatic heterocycles. The fraction of sp³-hybridized carbons (Fsp3) is 0.587. The lowest BCUT2D eigenvalue weighted by atomic mass is 9.90. The van der Waals surface area contributed by atoms with Crippen LogP contribution in [0.5, 0.6) is 0 Å². The predicted octanol–water partition coefficient (Wildman–Crippen LogP) is 6.51. The van der Waals surface area contributed by atoms with Crippen LogP contribution in [0.2, 0.25) is 0 Å². The van der Waals surface area contributed by atoms with Crippen LogP contribution in [0.25, 0.3) is 11.1 Å². The molecule has 0 heterocycles. The maximum Gasteiger partial charge on any atom is 0.224 e. The van der Waals surface area contributed by atoms with Crippen molar-refractivity contribution in [2.24, 2.45) is 35.1 Å². The molecule has 2 aromatic rings. The Balaban J connectivity index is 2.17. The summed E-state index contributed by atoms with van der Waals surface area (Å²) in [7, 11) is 0. The fourth-order valence-corrected chi connectivity index (χ4v) is 6.87. The van der Waals surface area contributed by atoms with Gasteiger partial charge in [0.2, 0.25) is 17.6 Å². The van der Waals surface area contributed by atoms with Crippen LogP contribution in [0, 0.1) is 23.7 Å². The third-order valence-corrected chi connectivity index (χ3v) is 10.4. The van der Waals surface area contributed by atoms with Crippen molar-refractivity contribution in [1.29, 1.82) is 0 Å². The molecule has 2 rings (SSSR count). The van der Waals surface area contributed by atoms with Gasteiger partial charge in [-0.3, -0.25) is 33.6 Å². The molecule has 0 saturated carbocycles. The highest BCUT2D eigenvalue weighted by Crippen LogP contribution is 2.24. The first kappa shape index (κ1) is 48.8. The molecule has 0 saturated heterocycles. The van der Waals surface area contributed by atoms with Gasteiger partial charge in [-0.1, -0.05) is 96.0 Å². The molecule has 6 N–H and O–H groups in total. The summed E-state index contributed by atoms with van der Waals surface area (Å²) in [5.41, 5.74) is 15.3. The Morgan fingerprint density at radius 2 is 1.14 bits per heavy atom. The lowest BCUT2D eigenvalue weighted by Crippen LogP contribution is -2.47. The van der Waals surface area contributed by atoms with Gasteiger partial charge in [-0.15, -0.1) is 0 Å². The van der Waals surface area contributed by atoms with Gasteiger partial charge in [0.1, 0.15) is 0 Å². The van der Waals surface area contributed by atoms with E-state index < -0.39 is 53.2 Å². The zero-order valence-electron chi connectivity index (χ0n) is 35.2. The highest BCUT2D eigenvalue weighted by molar-refractivity contribution is 6.37. The molecule has 0 fully saturated rings. The van der Waals surface area contributed by atoms with Crippen LogP contribution in [-0.2, 0) is 35.2 Å². The Hall–Kier alpha value is -4.35. The van der Waals surface area contributed by atoms with Gasteiger partial charge in [0, 0.05) is 49.5 Å². The number of rotatable bonds is 29. The van der Waals surface area contributed by atoms with E-state index in [0.717, 1.165) is 37.3 Å². The second-order valence-corrected chi connectivity index (χ2v) is 16.1. The van der Waals surface area contributed by atoms with Gasteiger partial charge in [-0.05, 0) is 87.1 Å². The average molecular weight is 789 g/mol. The Morgan fingerprint density at radius 1 is 0.614 bits per heavy atom. The molecule has 0 unspecified atom stereocenters. The van der Waals surface area contributed by atoms with Crippen LogP contribution in [0.1, 0.15) is 135 Å². The molecular weight excluding hydrogens is 721 g/mol. The minimum absolute atomic E-state index is 0.0354. The topological polar surface area (TPSA) is 196 Å². The normalized spacial score (nSPS) is 13.9. The van der Waals surface area contributed by atoms with Crippen molar-refractivity contribution in [1.82, 2.24) is 10.6 Å². The van der Waals surface area contributed by atoms with E-state index in [1.807, 2.05) is 26.0 Å². The second-order valence-electron chi connectivity index (χ2n) is 16.1. The van der Waals surface area contributed by atoms with E-state index in [4.69, 9.17) is 11.5 Å². The molecule has 2 amide bonds. The van der Waals surface area contributed by atoms with Crippen molar-refractivity contribution >= 4 is 40.7 Å². The number of aryl methyl sites for hydroxylation is 1. The highest BCUT2D eigenvalue weighted by atomic mass is 16.2. The van der Waals surface area contributed by atoms with Crippen molar-refractivity contribution in [3.05, 3.63) is 59.7 Å². The van der Waals surface area contributed by atoms with Crippen LogP contribution in [0.3, 0.4) is 0 Å². The summed E-state index contributed by atoms with van der Waals surface area (Å²) in [6.07, 6.45) is 6.50. The number of carbonyl (C=O) groups is 7. The summed E-state index contributed by atoms with van der Waals surface area (Å²) in [5, 5.41) is 5.70. The molecule has 2 aromatic carbocycles. The smallest absolute Gasteiger partial charge is 0.224 e. The molecule has 0 bridgehead atoms. The summed E-state index contributed by atoms with van der Waals surface area (Å²) in [4.78, 5) is 91.5. The molecular formula is C46H68N4O7. The zero-order chi connectivity index (χ0) is 42.5. The molecule has 0 aromatic heterocycles. The van der Waals surface area contributed by atoms with E-state index in [1.54, 1.807) is 19.1 Å². The first-order valence-electron chi connectivity index (χ1n) is 20.9. The standard InChI is InChI=1S/C46H68N4O7/c1-7-8-13-34-16-18-35(19-17-34)36-20-22-37(23-21-36)41(52)29-38(14-9-11-24-47)46(57)49-39(15-10-12-25-48)42(53)28-32(5)45(56)50-40(26-30(2)3)43(54)27-31(4)44(55)33(6)51/h16-23,30-32,38-40H,7-15,24-29,47-48H2,1-6H3,(H,49,57)(H,50,56)/t31-,32+,38+,39-,40-/m0/s1. The Morgan fingerprint density at radius 3 is 1.68 bits per heavy atom. The van der Waals surface area contributed by atoms with Crippen molar-refractivity contribution < 1.29 is 33.6 Å². The number of hydrogen-bond acceptors (Lipinski definition) is 9. The number of nitrogens with two attached hydrogens (primary N) is 2. The van der Waals surface area contributed by atoms with E-state index >= 15 is 0 Å². The fourth-order valence-electron chi connectivity index (χ4n) is 6.87. The van der Waals surface area contributed by atoms with Crippen LogP contribution in [0.4, 0.5) is 0 Å². The first-order valence-corrected chi connectivity index (χ1v) is 20.9. The van der Waals surface area contributed by atoms with Crippen LogP contribution in [-0.4, -0.2) is 65.9 Å². The first-order chi connectivity index (χ1) is 27.1. The summed E-state index contributed by atoms with van der Waals surface area (Å²) in [5.74, 6) is -5.32. The van der Waals surface area contributed by atoms with E-state index in [1.165, 1.54) is 12.5 Å². The maximum absolute atomic E-state index is 13.9. The van der Waals surface area contributed by atoms with Crippen molar-refractivity contribution in [3.8, 4) is 11.1 Å². The zero-order valence-corrected chi connectivity index (χ0v) is 35.2. The number of Topliss-reactive ketones (excluding diaryl/α,β-unsaturated/α-hetero) is 5. The molecule has 0 radical (unpaired) electrons. The quantitative estimate of drug-likeness (QED) is 0.0404. The Kier molecular flexibility index (Phi) is 22.1. The van der Waals surface area contributed by atoms with Crippen LogP contribution >= 0.6 is 0 Å². The summed E-state index contributed by atoms with van der Waals surface area (Å²) >= 11 is 0. The number of carbonyl (C=O) groups excluding carboxylic acids is 7. The van der Waals surface area contributed by atoms with E-state index in [-0.39, 0.29) is 42.5 Å². The highest BCUT2D eigenvalue weighted by Gasteiger charge is 2.32. The van der Waals surface area contributed by atoms with Gasteiger partial charge in [-0.25, -0.2) is 0 Å². The molecule has 0 aliphatic rings. The predicted molar refractivity (Wildman–Crippen MR) is 225 cm³/mol. The number of benzene rings is 2. The van der Waals surface area contributed by atoms with Gasteiger partial charge >= 0.3 is 0 Å². The summed E-state index contributed by atoms with van der Waals surface area (Å²) in [6.45, 7) is 11.1. The molecule has 0 aliphatic carbocycles. The van der Waals surface area contributed by atoms with E-state index in [2.05, 4.69) is 41.8 Å². The maximum atomic E-state index is 13.9. The molecule has 314 valence electrons. The van der Waals surface area contributed by atoms with E-state index in [0.29, 0.717) is 63.6 Å². The monoisotopic (exact) mass is 789 g/mol. The molecule has 11 heteroatoms.